The van der Waals surface area contributed by atoms with Crippen LogP contribution in [0.5, 0.6) is 0 Å². The molecule has 4 rings (SSSR count). The number of aromatic nitrogens is 2. The monoisotopic (exact) mass is 522 g/mol. The second kappa shape index (κ2) is 11.7. The van der Waals surface area contributed by atoms with Gasteiger partial charge in [0.25, 0.3) is 5.56 Å². The Bertz CT molecular complexity index is 1400. The van der Waals surface area contributed by atoms with Gasteiger partial charge in [0, 0.05) is 19.2 Å². The molecule has 1 unspecified atom stereocenters. The summed E-state index contributed by atoms with van der Waals surface area (Å²) < 4.78 is 23.9. The van der Waals surface area contributed by atoms with Gasteiger partial charge in [-0.15, -0.1) is 0 Å². The Morgan fingerprint density at radius 2 is 1.55 bits per heavy atom. The van der Waals surface area contributed by atoms with Crippen LogP contribution in [0, 0.1) is 5.92 Å². The maximum atomic E-state index is 12.8. The van der Waals surface area contributed by atoms with Crippen molar-refractivity contribution < 1.29 is 33.3 Å². The highest BCUT2D eigenvalue weighted by molar-refractivity contribution is 5.89. The largest absolute Gasteiger partial charge is 0.459 e. The number of nitrogens with zero attached hydrogens (tertiary/aromatic N) is 1. The van der Waals surface area contributed by atoms with Gasteiger partial charge in [0.15, 0.2) is 12.3 Å². The van der Waals surface area contributed by atoms with Crippen LogP contribution in [0.2, 0.25) is 0 Å². The lowest BCUT2D eigenvalue weighted by Crippen LogP contribution is -2.42. The fraction of sp³-hybridized carbons (Fsp3) is 0.296. The second-order valence-corrected chi connectivity index (χ2v) is 8.67. The summed E-state index contributed by atoms with van der Waals surface area (Å²) >= 11 is 0. The molecule has 1 saturated heterocycles. The highest BCUT2D eigenvalue weighted by Gasteiger charge is 2.52. The number of ether oxygens (including phenoxy) is 4. The number of hydrogen-bond donors (Lipinski definition) is 1. The molecule has 1 aliphatic heterocycles. The van der Waals surface area contributed by atoms with E-state index in [-0.39, 0.29) is 6.61 Å². The molecule has 1 aromatic heterocycles. The number of H-pyrrole nitrogens is 1. The quantitative estimate of drug-likeness (QED) is 0.347. The molecule has 1 aliphatic rings. The first-order valence-electron chi connectivity index (χ1n) is 11.9. The lowest BCUT2D eigenvalue weighted by atomic mass is 9.92. The number of carbonyl (C=O) groups excluding carboxylic acids is 3. The van der Waals surface area contributed by atoms with Gasteiger partial charge in [0.1, 0.15) is 18.8 Å². The standard InChI is InChI=1S/C27H26N2O9/c1-16(36-26(33)19-11-7-4-8-12-19)22-20(15-35-25(32)18-9-5-3-6-10-18)38-24(23(22)37-17(2)30)29-14-13-21(31)28-27(29)34/h3-14,16,20,22-24H,15H2,1-2H3,(H,28,31,34)/t16?,20-,22-,23-,24-/m1/s1. The van der Waals surface area contributed by atoms with Crippen LogP contribution in [-0.2, 0) is 23.7 Å². The van der Waals surface area contributed by atoms with Gasteiger partial charge < -0.3 is 18.9 Å². The average Bonchev–Trinajstić information content (AvgIpc) is 3.25. The number of rotatable bonds is 8. The number of esters is 3. The van der Waals surface area contributed by atoms with E-state index in [0.29, 0.717) is 11.1 Å². The molecular formula is C27H26N2O9. The number of benzene rings is 2. The lowest BCUT2D eigenvalue weighted by molar-refractivity contribution is -0.155. The highest BCUT2D eigenvalue weighted by atomic mass is 16.6. The number of aromatic amines is 1. The predicted molar refractivity (Wildman–Crippen MR) is 132 cm³/mol. The van der Waals surface area contributed by atoms with E-state index >= 15 is 0 Å². The minimum absolute atomic E-state index is 0.294. The Morgan fingerprint density at radius 3 is 2.13 bits per heavy atom. The molecule has 3 aromatic rings. The van der Waals surface area contributed by atoms with Crippen molar-refractivity contribution in [3.05, 3.63) is 105 Å². The van der Waals surface area contributed by atoms with Gasteiger partial charge in [-0.25, -0.2) is 14.4 Å². The molecule has 198 valence electrons. The summed E-state index contributed by atoms with van der Waals surface area (Å²) in [5.41, 5.74) is -0.795. The first kappa shape index (κ1) is 26.6. The molecule has 0 bridgehead atoms. The van der Waals surface area contributed by atoms with E-state index in [1.54, 1.807) is 67.6 Å². The number of nitrogens with one attached hydrogen (secondary N) is 1. The molecule has 2 aromatic carbocycles. The van der Waals surface area contributed by atoms with E-state index in [2.05, 4.69) is 4.98 Å². The molecule has 0 saturated carbocycles. The summed E-state index contributed by atoms with van der Waals surface area (Å²) in [6.07, 6.45) is -2.98. The summed E-state index contributed by atoms with van der Waals surface area (Å²) in [5, 5.41) is 0. The summed E-state index contributed by atoms with van der Waals surface area (Å²) in [6.45, 7) is 2.49. The Balaban J connectivity index is 1.65. The third-order valence-electron chi connectivity index (χ3n) is 6.06. The summed E-state index contributed by atoms with van der Waals surface area (Å²) in [4.78, 5) is 63.8. The van der Waals surface area contributed by atoms with E-state index in [4.69, 9.17) is 18.9 Å². The average molecular weight is 523 g/mol. The van der Waals surface area contributed by atoms with Gasteiger partial charge in [0.2, 0.25) is 0 Å². The second-order valence-electron chi connectivity index (χ2n) is 8.67. The highest BCUT2D eigenvalue weighted by Crippen LogP contribution is 2.39. The molecule has 5 atom stereocenters. The van der Waals surface area contributed by atoms with Crippen molar-refractivity contribution in [2.45, 2.75) is 38.4 Å². The third-order valence-corrected chi connectivity index (χ3v) is 6.06. The van der Waals surface area contributed by atoms with E-state index in [1.165, 1.54) is 13.1 Å². The summed E-state index contributed by atoms with van der Waals surface area (Å²) in [5.74, 6) is -2.76. The molecule has 0 aliphatic carbocycles. The summed E-state index contributed by atoms with van der Waals surface area (Å²) in [7, 11) is 0. The topological polar surface area (TPSA) is 143 Å². The lowest BCUT2D eigenvalue weighted by Gasteiger charge is -2.28. The van der Waals surface area contributed by atoms with Crippen LogP contribution in [-0.4, -0.2) is 52.4 Å². The van der Waals surface area contributed by atoms with E-state index in [9.17, 15) is 24.0 Å². The molecule has 0 radical (unpaired) electrons. The molecule has 1 N–H and O–H groups in total. The van der Waals surface area contributed by atoms with Gasteiger partial charge in [-0.3, -0.25) is 19.1 Å². The minimum atomic E-state index is -1.20. The summed E-state index contributed by atoms with van der Waals surface area (Å²) in [6, 6.07) is 17.7. The first-order valence-corrected chi connectivity index (χ1v) is 11.9. The van der Waals surface area contributed by atoms with Crippen LogP contribution < -0.4 is 11.2 Å². The normalized spacial score (nSPS) is 21.3. The van der Waals surface area contributed by atoms with Crippen LogP contribution >= 0.6 is 0 Å². The van der Waals surface area contributed by atoms with E-state index < -0.39 is 59.6 Å². The minimum Gasteiger partial charge on any atom is -0.459 e. The SMILES string of the molecule is CC(=O)O[C@@H]1[C@H](C(C)OC(=O)c2ccccc2)[C@@H](COC(=O)c2ccccc2)O[C@H]1n1ccc(=O)[nH]c1=O. The maximum Gasteiger partial charge on any atom is 0.338 e. The fourth-order valence-electron chi connectivity index (χ4n) is 4.35. The van der Waals surface area contributed by atoms with Crippen LogP contribution in [0.1, 0.15) is 40.8 Å². The molecule has 2 heterocycles. The molecule has 0 amide bonds. The molecule has 11 nitrogen and oxygen atoms in total. The zero-order valence-electron chi connectivity index (χ0n) is 20.6. The van der Waals surface area contributed by atoms with Crippen molar-refractivity contribution in [3.8, 4) is 0 Å². The molecule has 0 spiro atoms. The number of carbonyl (C=O) groups is 3. The third kappa shape index (κ3) is 6.06. The van der Waals surface area contributed by atoms with Crippen molar-refractivity contribution in [1.82, 2.24) is 9.55 Å². The molecule has 1 fully saturated rings. The smallest absolute Gasteiger partial charge is 0.338 e. The number of hydrogen-bond acceptors (Lipinski definition) is 9. The Hall–Kier alpha value is -4.51. The molecule has 38 heavy (non-hydrogen) atoms. The van der Waals surface area contributed by atoms with Gasteiger partial charge in [-0.05, 0) is 31.2 Å². The predicted octanol–water partition coefficient (Wildman–Crippen LogP) is 2.08. The van der Waals surface area contributed by atoms with Crippen molar-refractivity contribution in [2.75, 3.05) is 6.61 Å². The molecular weight excluding hydrogens is 496 g/mol. The van der Waals surface area contributed by atoms with Gasteiger partial charge in [-0.1, -0.05) is 36.4 Å². The van der Waals surface area contributed by atoms with Crippen molar-refractivity contribution >= 4 is 17.9 Å². The van der Waals surface area contributed by atoms with E-state index in [1.807, 2.05) is 0 Å². The van der Waals surface area contributed by atoms with Crippen LogP contribution in [0.3, 0.4) is 0 Å². The zero-order valence-corrected chi connectivity index (χ0v) is 20.6. The van der Waals surface area contributed by atoms with Gasteiger partial charge >= 0.3 is 23.6 Å². The molecule has 11 heteroatoms. The Morgan fingerprint density at radius 1 is 0.947 bits per heavy atom. The van der Waals surface area contributed by atoms with Crippen LogP contribution in [0.15, 0.2) is 82.5 Å². The van der Waals surface area contributed by atoms with Gasteiger partial charge in [-0.2, -0.15) is 0 Å². The van der Waals surface area contributed by atoms with Gasteiger partial charge in [0.05, 0.1) is 17.0 Å². The van der Waals surface area contributed by atoms with Crippen molar-refractivity contribution in [3.63, 3.8) is 0 Å². The fourth-order valence-corrected chi connectivity index (χ4v) is 4.35. The first-order chi connectivity index (χ1) is 18.2. The van der Waals surface area contributed by atoms with Crippen LogP contribution in [0.4, 0.5) is 0 Å². The zero-order chi connectivity index (χ0) is 27.2. The van der Waals surface area contributed by atoms with Crippen LogP contribution in [0.25, 0.3) is 0 Å². The van der Waals surface area contributed by atoms with Crippen molar-refractivity contribution in [1.29, 1.82) is 0 Å². The van der Waals surface area contributed by atoms with E-state index in [0.717, 1.165) is 10.6 Å². The van der Waals surface area contributed by atoms with Crippen molar-refractivity contribution in [2.24, 2.45) is 5.92 Å². The Kier molecular flexibility index (Phi) is 8.17. The maximum absolute atomic E-state index is 12.8. The Labute approximate surface area is 216 Å².